The Hall–Kier alpha value is -0.0400. The first-order valence-corrected chi connectivity index (χ1v) is 12.6. The third kappa shape index (κ3) is 22.1. The smallest absolute Gasteiger partial charge is 0.0468 e. The Bertz CT molecular complexity index is 268. The van der Waals surface area contributed by atoms with Gasteiger partial charge in [0, 0.05) is 13.2 Å². The summed E-state index contributed by atoms with van der Waals surface area (Å²) in [6.45, 7) is 13.7. The van der Waals surface area contributed by atoms with Crippen molar-refractivity contribution < 1.29 is 4.74 Å². The van der Waals surface area contributed by atoms with Crippen LogP contribution in [0.15, 0.2) is 0 Å². The van der Waals surface area contributed by atoms with Crippen LogP contribution in [-0.2, 0) is 4.74 Å². The Morgan fingerprint density at radius 2 is 1.07 bits per heavy atom. The molecule has 0 N–H and O–H groups in total. The van der Waals surface area contributed by atoms with E-state index in [1.54, 1.807) is 0 Å². The fourth-order valence-electron chi connectivity index (χ4n) is 3.89. The van der Waals surface area contributed by atoms with Crippen LogP contribution in [0.5, 0.6) is 0 Å². The van der Waals surface area contributed by atoms with Gasteiger partial charge in [-0.1, -0.05) is 125 Å². The van der Waals surface area contributed by atoms with E-state index >= 15 is 0 Å². The highest BCUT2D eigenvalue weighted by Gasteiger charge is 2.09. The number of ether oxygens (including phenoxy) is 1. The fourth-order valence-corrected chi connectivity index (χ4v) is 3.89. The first-order chi connectivity index (χ1) is 13.0. The molecule has 0 atom stereocenters. The minimum atomic E-state index is 0.516. The highest BCUT2D eigenvalue weighted by Crippen LogP contribution is 2.23. The zero-order valence-electron chi connectivity index (χ0n) is 19.9. The van der Waals surface area contributed by atoms with Gasteiger partial charge in [-0.2, -0.15) is 0 Å². The molecule has 0 radical (unpaired) electrons. The lowest BCUT2D eigenvalue weighted by molar-refractivity contribution is 0.113. The summed E-state index contributed by atoms with van der Waals surface area (Å²) in [5.41, 5.74) is 0.516. The van der Waals surface area contributed by atoms with E-state index in [-0.39, 0.29) is 0 Å². The molecule has 0 aliphatic rings. The van der Waals surface area contributed by atoms with Gasteiger partial charge in [0.1, 0.15) is 0 Å². The summed E-state index contributed by atoms with van der Waals surface area (Å²) in [5, 5.41) is 0. The molecule has 27 heavy (non-hydrogen) atoms. The Morgan fingerprint density at radius 1 is 0.556 bits per heavy atom. The van der Waals surface area contributed by atoms with Gasteiger partial charge in [-0.05, 0) is 30.6 Å². The van der Waals surface area contributed by atoms with Crippen LogP contribution in [0.4, 0.5) is 0 Å². The van der Waals surface area contributed by atoms with Crippen LogP contribution in [0, 0.1) is 11.3 Å². The summed E-state index contributed by atoms with van der Waals surface area (Å²) in [6, 6.07) is 0. The number of hydrogen-bond acceptors (Lipinski definition) is 1. The van der Waals surface area contributed by atoms with Gasteiger partial charge in [-0.15, -0.1) is 0 Å². The molecule has 0 saturated heterocycles. The summed E-state index contributed by atoms with van der Waals surface area (Å²) in [7, 11) is 0. The lowest BCUT2D eigenvalue weighted by atomic mass is 9.89. The van der Waals surface area contributed by atoms with Crippen LogP contribution in [0.3, 0.4) is 0 Å². The van der Waals surface area contributed by atoms with E-state index in [0.29, 0.717) is 5.41 Å². The first kappa shape index (κ1) is 27.0. The second kappa shape index (κ2) is 19.3. The molecule has 0 saturated carbocycles. The Morgan fingerprint density at radius 3 is 1.59 bits per heavy atom. The van der Waals surface area contributed by atoms with Crippen LogP contribution >= 0.6 is 0 Å². The van der Waals surface area contributed by atoms with Crippen LogP contribution < -0.4 is 0 Å². The lowest BCUT2D eigenvalue weighted by Crippen LogP contribution is -2.07. The van der Waals surface area contributed by atoms with Gasteiger partial charge in [0.15, 0.2) is 0 Å². The van der Waals surface area contributed by atoms with Crippen molar-refractivity contribution in [3.8, 4) is 0 Å². The molecule has 0 fully saturated rings. The molecule has 0 spiro atoms. The molecule has 1 nitrogen and oxygen atoms in total. The molecule has 1 heteroatoms. The molecule has 0 aromatic carbocycles. The summed E-state index contributed by atoms with van der Waals surface area (Å²) < 4.78 is 5.96. The van der Waals surface area contributed by atoms with E-state index in [9.17, 15) is 0 Å². The predicted molar refractivity (Wildman–Crippen MR) is 124 cm³/mol. The summed E-state index contributed by atoms with van der Waals surface area (Å²) in [6.07, 6.45) is 23.5. The van der Waals surface area contributed by atoms with E-state index in [2.05, 4.69) is 34.6 Å². The Balaban J connectivity index is 3.46. The minimum absolute atomic E-state index is 0.516. The first-order valence-electron chi connectivity index (χ1n) is 12.6. The van der Waals surface area contributed by atoms with Crippen LogP contribution in [0.2, 0.25) is 0 Å². The van der Waals surface area contributed by atoms with Gasteiger partial charge in [-0.3, -0.25) is 0 Å². The maximum atomic E-state index is 5.96. The topological polar surface area (TPSA) is 9.23 Å². The average Bonchev–Trinajstić information content (AvgIpc) is 2.61. The van der Waals surface area contributed by atoms with Crippen LogP contribution in [0.25, 0.3) is 0 Å². The molecule has 164 valence electrons. The summed E-state index contributed by atoms with van der Waals surface area (Å²) >= 11 is 0. The van der Waals surface area contributed by atoms with Crippen molar-refractivity contribution in [2.45, 2.75) is 144 Å². The molecule has 0 aliphatic carbocycles. The molecule has 0 bridgehead atoms. The monoisotopic (exact) mass is 382 g/mol. The van der Waals surface area contributed by atoms with E-state index in [4.69, 9.17) is 4.74 Å². The largest absolute Gasteiger partial charge is 0.381 e. The summed E-state index contributed by atoms with van der Waals surface area (Å²) in [5.74, 6) is 0.913. The molecule has 0 amide bonds. The van der Waals surface area contributed by atoms with Gasteiger partial charge in [0.05, 0.1) is 0 Å². The predicted octanol–water partition coefficient (Wildman–Crippen LogP) is 9.34. The van der Waals surface area contributed by atoms with E-state index < -0.39 is 0 Å². The minimum Gasteiger partial charge on any atom is -0.381 e. The SMILES string of the molecule is CCCCCC(CCCCC)CCOCCCCCCCCCC(C)(C)C. The van der Waals surface area contributed by atoms with Gasteiger partial charge in [0.2, 0.25) is 0 Å². The fraction of sp³-hybridized carbons (Fsp3) is 1.00. The maximum absolute atomic E-state index is 5.96. The lowest BCUT2D eigenvalue weighted by Gasteiger charge is -2.17. The van der Waals surface area contributed by atoms with E-state index in [1.165, 1.54) is 109 Å². The standard InChI is InChI=1S/C26H54O/c1-6-8-15-19-25(20-16-9-7-2)21-24-27-23-18-14-12-10-11-13-17-22-26(3,4)5/h25H,6-24H2,1-5H3. The molecule has 0 aromatic heterocycles. The van der Waals surface area contributed by atoms with Crippen molar-refractivity contribution in [1.29, 1.82) is 0 Å². The van der Waals surface area contributed by atoms with Gasteiger partial charge >= 0.3 is 0 Å². The molecule has 0 heterocycles. The highest BCUT2D eigenvalue weighted by molar-refractivity contribution is 4.62. The van der Waals surface area contributed by atoms with Crippen molar-refractivity contribution in [3.63, 3.8) is 0 Å². The van der Waals surface area contributed by atoms with Crippen LogP contribution in [0.1, 0.15) is 144 Å². The van der Waals surface area contributed by atoms with E-state index in [0.717, 1.165) is 19.1 Å². The zero-order valence-corrected chi connectivity index (χ0v) is 19.9. The summed E-state index contributed by atoms with van der Waals surface area (Å²) in [4.78, 5) is 0. The van der Waals surface area contributed by atoms with Crippen molar-refractivity contribution in [2.24, 2.45) is 11.3 Å². The maximum Gasteiger partial charge on any atom is 0.0468 e. The second-order valence-corrected chi connectivity index (χ2v) is 10.0. The third-order valence-corrected chi connectivity index (χ3v) is 5.82. The Labute approximate surface area is 173 Å². The van der Waals surface area contributed by atoms with Crippen molar-refractivity contribution in [2.75, 3.05) is 13.2 Å². The van der Waals surface area contributed by atoms with Crippen molar-refractivity contribution in [1.82, 2.24) is 0 Å². The molecular formula is C26H54O. The molecule has 0 unspecified atom stereocenters. The highest BCUT2D eigenvalue weighted by atomic mass is 16.5. The number of unbranched alkanes of at least 4 members (excludes halogenated alkanes) is 10. The zero-order chi connectivity index (χ0) is 20.2. The van der Waals surface area contributed by atoms with Crippen molar-refractivity contribution in [3.05, 3.63) is 0 Å². The molecule has 0 aliphatic heterocycles. The van der Waals surface area contributed by atoms with E-state index in [1.807, 2.05) is 0 Å². The number of hydrogen-bond donors (Lipinski definition) is 0. The quantitative estimate of drug-likeness (QED) is 0.190. The third-order valence-electron chi connectivity index (χ3n) is 5.82. The average molecular weight is 383 g/mol. The number of rotatable bonds is 20. The van der Waals surface area contributed by atoms with Gasteiger partial charge < -0.3 is 4.74 Å². The molecule has 0 aromatic rings. The van der Waals surface area contributed by atoms with Gasteiger partial charge in [-0.25, -0.2) is 0 Å². The second-order valence-electron chi connectivity index (χ2n) is 10.0. The van der Waals surface area contributed by atoms with Crippen LogP contribution in [-0.4, -0.2) is 13.2 Å². The Kier molecular flexibility index (Phi) is 19.3. The van der Waals surface area contributed by atoms with Crippen molar-refractivity contribution >= 4 is 0 Å². The van der Waals surface area contributed by atoms with Gasteiger partial charge in [0.25, 0.3) is 0 Å². The normalized spacial score (nSPS) is 12.2. The molecule has 0 rings (SSSR count). The molecular weight excluding hydrogens is 328 g/mol.